The van der Waals surface area contributed by atoms with Crippen LogP contribution in [-0.2, 0) is 4.79 Å². The van der Waals surface area contributed by atoms with E-state index in [4.69, 9.17) is 0 Å². The number of hydrogen-bond acceptors (Lipinski definition) is 3. The van der Waals surface area contributed by atoms with Gasteiger partial charge in [0.15, 0.2) is 0 Å². The molecule has 1 aliphatic carbocycles. The minimum absolute atomic E-state index is 0.0329. The van der Waals surface area contributed by atoms with E-state index >= 15 is 0 Å². The molecule has 2 aliphatic rings. The summed E-state index contributed by atoms with van der Waals surface area (Å²) >= 11 is 0. The molecule has 0 aromatic carbocycles. The van der Waals surface area contributed by atoms with Crippen LogP contribution in [0.4, 0.5) is 0 Å². The van der Waals surface area contributed by atoms with Crippen molar-refractivity contribution in [2.45, 2.75) is 70.1 Å². The molecule has 0 aromatic heterocycles. The van der Waals surface area contributed by atoms with Crippen LogP contribution in [0.15, 0.2) is 0 Å². The van der Waals surface area contributed by atoms with Crippen LogP contribution in [0.2, 0.25) is 0 Å². The summed E-state index contributed by atoms with van der Waals surface area (Å²) in [4.78, 5) is 17.0. The molecular weight excluding hydrogens is 238 g/mol. The first-order chi connectivity index (χ1) is 9.04. The number of carbonyl (C=O) groups excluding carboxylic acids is 1. The molecule has 0 radical (unpaired) electrons. The van der Waals surface area contributed by atoms with Crippen molar-refractivity contribution >= 4 is 5.91 Å². The zero-order chi connectivity index (χ0) is 14.0. The number of hydrogen-bond donors (Lipinski definition) is 1. The Hall–Kier alpha value is -0.610. The molecule has 0 aromatic rings. The topological polar surface area (TPSA) is 35.6 Å². The minimum atomic E-state index is 0.0329. The maximum Gasteiger partial charge on any atom is 0.241 e. The fourth-order valence-electron chi connectivity index (χ4n) is 3.66. The van der Waals surface area contributed by atoms with Gasteiger partial charge in [-0.15, -0.1) is 0 Å². The van der Waals surface area contributed by atoms with Gasteiger partial charge in [-0.25, -0.2) is 0 Å². The Balaban J connectivity index is 2.13. The molecule has 1 amide bonds. The van der Waals surface area contributed by atoms with Crippen LogP contribution in [0.25, 0.3) is 0 Å². The molecule has 2 unspecified atom stereocenters. The molecule has 0 bridgehead atoms. The highest BCUT2D eigenvalue weighted by molar-refractivity contribution is 5.84. The monoisotopic (exact) mass is 267 g/mol. The van der Waals surface area contributed by atoms with Crippen molar-refractivity contribution in [1.82, 2.24) is 15.1 Å². The molecule has 2 rings (SSSR count). The van der Waals surface area contributed by atoms with Crippen LogP contribution in [0.5, 0.6) is 0 Å². The Morgan fingerprint density at radius 1 is 1.26 bits per heavy atom. The predicted molar refractivity (Wildman–Crippen MR) is 77.9 cm³/mol. The molecule has 1 saturated heterocycles. The summed E-state index contributed by atoms with van der Waals surface area (Å²) in [5.74, 6) is 0.308. The van der Waals surface area contributed by atoms with Gasteiger partial charge in [-0.3, -0.25) is 10.1 Å². The second kappa shape index (κ2) is 5.80. The fraction of sp³-hybridized carbons (Fsp3) is 0.933. The Morgan fingerprint density at radius 3 is 2.37 bits per heavy atom. The lowest BCUT2D eigenvalue weighted by Crippen LogP contribution is -2.53. The lowest BCUT2D eigenvalue weighted by Gasteiger charge is -2.41. The Labute approximate surface area is 117 Å². The van der Waals surface area contributed by atoms with Gasteiger partial charge in [0.1, 0.15) is 0 Å². The molecule has 1 aliphatic heterocycles. The van der Waals surface area contributed by atoms with Gasteiger partial charge in [0.2, 0.25) is 5.91 Å². The summed E-state index contributed by atoms with van der Waals surface area (Å²) in [6, 6.07) is 0.0329. The van der Waals surface area contributed by atoms with Gasteiger partial charge in [0.05, 0.1) is 12.2 Å². The van der Waals surface area contributed by atoms with E-state index in [1.165, 1.54) is 25.7 Å². The highest BCUT2D eigenvalue weighted by Gasteiger charge is 2.44. The molecule has 1 saturated carbocycles. The first-order valence-corrected chi connectivity index (χ1v) is 7.78. The van der Waals surface area contributed by atoms with Gasteiger partial charge < -0.3 is 9.80 Å². The van der Waals surface area contributed by atoms with E-state index in [2.05, 4.69) is 43.1 Å². The number of nitrogens with zero attached hydrogens (tertiary/aromatic N) is 2. The molecule has 2 fully saturated rings. The zero-order valence-corrected chi connectivity index (χ0v) is 12.9. The van der Waals surface area contributed by atoms with Crippen molar-refractivity contribution in [2.75, 3.05) is 20.6 Å². The Bertz CT molecular complexity index is 323. The van der Waals surface area contributed by atoms with Gasteiger partial charge in [0, 0.05) is 12.1 Å². The van der Waals surface area contributed by atoms with Crippen LogP contribution >= 0.6 is 0 Å². The standard InChI is InChI=1S/C15H29N3O/c1-5-12-14(19)18(13(6-2)16-12)11-15(17(3)4)9-7-8-10-15/h12-13,16H,5-11H2,1-4H3. The molecule has 1 N–H and O–H groups in total. The van der Waals surface area contributed by atoms with Gasteiger partial charge in [0.25, 0.3) is 0 Å². The van der Waals surface area contributed by atoms with Crippen molar-refractivity contribution in [3.05, 3.63) is 0 Å². The number of rotatable bonds is 5. The van der Waals surface area contributed by atoms with Crippen LogP contribution in [0, 0.1) is 0 Å². The van der Waals surface area contributed by atoms with E-state index in [1.54, 1.807) is 0 Å². The predicted octanol–water partition coefficient (Wildman–Crippen LogP) is 1.81. The fourth-order valence-corrected chi connectivity index (χ4v) is 3.66. The molecule has 4 nitrogen and oxygen atoms in total. The van der Waals surface area contributed by atoms with Crippen LogP contribution in [-0.4, -0.2) is 54.1 Å². The quantitative estimate of drug-likeness (QED) is 0.825. The molecule has 4 heteroatoms. The lowest BCUT2D eigenvalue weighted by atomic mass is 9.95. The number of amides is 1. The number of likely N-dealkylation sites (N-methyl/N-ethyl adjacent to an activating group) is 1. The van der Waals surface area contributed by atoms with Gasteiger partial charge in [-0.1, -0.05) is 26.7 Å². The van der Waals surface area contributed by atoms with Crippen LogP contribution in [0.1, 0.15) is 52.4 Å². The summed E-state index contributed by atoms with van der Waals surface area (Å²) in [7, 11) is 4.33. The van der Waals surface area contributed by atoms with Crippen molar-refractivity contribution in [3.63, 3.8) is 0 Å². The van der Waals surface area contributed by atoms with Crippen molar-refractivity contribution in [1.29, 1.82) is 0 Å². The van der Waals surface area contributed by atoms with Crippen molar-refractivity contribution < 1.29 is 4.79 Å². The summed E-state index contributed by atoms with van der Waals surface area (Å²) in [6.45, 7) is 5.14. The Kier molecular flexibility index (Phi) is 4.51. The van der Waals surface area contributed by atoms with E-state index in [0.29, 0.717) is 5.91 Å². The highest BCUT2D eigenvalue weighted by atomic mass is 16.2. The third-order valence-corrected chi connectivity index (χ3v) is 5.09. The molecule has 110 valence electrons. The summed E-state index contributed by atoms with van der Waals surface area (Å²) in [6.07, 6.45) is 7.14. The van der Waals surface area contributed by atoms with E-state index in [0.717, 1.165) is 19.4 Å². The molecule has 19 heavy (non-hydrogen) atoms. The van der Waals surface area contributed by atoms with E-state index in [9.17, 15) is 4.79 Å². The number of nitrogens with one attached hydrogen (secondary N) is 1. The van der Waals surface area contributed by atoms with Crippen LogP contribution < -0.4 is 5.32 Å². The van der Waals surface area contributed by atoms with Gasteiger partial charge in [-0.05, 0) is 39.8 Å². The normalized spacial score (nSPS) is 30.6. The summed E-state index contributed by atoms with van der Waals surface area (Å²) < 4.78 is 0. The lowest BCUT2D eigenvalue weighted by molar-refractivity contribution is -0.131. The van der Waals surface area contributed by atoms with Crippen LogP contribution in [0.3, 0.4) is 0 Å². The maximum absolute atomic E-state index is 12.5. The molecule has 2 atom stereocenters. The average molecular weight is 267 g/mol. The average Bonchev–Trinajstić information content (AvgIpc) is 2.97. The van der Waals surface area contributed by atoms with Gasteiger partial charge in [-0.2, -0.15) is 0 Å². The van der Waals surface area contributed by atoms with E-state index in [-0.39, 0.29) is 17.7 Å². The highest BCUT2D eigenvalue weighted by Crippen LogP contribution is 2.35. The molecule has 1 heterocycles. The van der Waals surface area contributed by atoms with Crippen molar-refractivity contribution in [2.24, 2.45) is 0 Å². The zero-order valence-electron chi connectivity index (χ0n) is 12.9. The third-order valence-electron chi connectivity index (χ3n) is 5.09. The summed E-state index contributed by atoms with van der Waals surface area (Å²) in [5, 5.41) is 3.48. The SMILES string of the molecule is CCC1NC(CC)N(CC2(N(C)C)CCCC2)C1=O. The molecule has 0 spiro atoms. The third kappa shape index (κ3) is 2.65. The Morgan fingerprint density at radius 2 is 1.89 bits per heavy atom. The largest absolute Gasteiger partial charge is 0.324 e. The first kappa shape index (κ1) is 14.8. The second-order valence-corrected chi connectivity index (χ2v) is 6.34. The van der Waals surface area contributed by atoms with Crippen molar-refractivity contribution in [3.8, 4) is 0 Å². The smallest absolute Gasteiger partial charge is 0.241 e. The van der Waals surface area contributed by atoms with E-state index < -0.39 is 0 Å². The minimum Gasteiger partial charge on any atom is -0.324 e. The number of carbonyl (C=O) groups is 1. The van der Waals surface area contributed by atoms with E-state index in [1.807, 2.05) is 0 Å². The molecular formula is C15H29N3O. The summed E-state index contributed by atoms with van der Waals surface area (Å²) in [5.41, 5.74) is 0.202. The van der Waals surface area contributed by atoms with Gasteiger partial charge >= 0.3 is 0 Å². The second-order valence-electron chi connectivity index (χ2n) is 6.34. The first-order valence-electron chi connectivity index (χ1n) is 7.78. The maximum atomic E-state index is 12.5.